The predicted molar refractivity (Wildman–Crippen MR) is 92.0 cm³/mol. The van der Waals surface area contributed by atoms with Crippen molar-refractivity contribution in [2.24, 2.45) is 0 Å². The van der Waals surface area contributed by atoms with Gasteiger partial charge in [0.1, 0.15) is 5.69 Å². The Morgan fingerprint density at radius 2 is 1.86 bits per heavy atom. The minimum Gasteiger partial charge on any atom is -0.296 e. The van der Waals surface area contributed by atoms with Gasteiger partial charge in [-0.2, -0.15) is 0 Å². The second-order valence-electron chi connectivity index (χ2n) is 5.58. The number of hydrogen-bond acceptors (Lipinski definition) is 2. The summed E-state index contributed by atoms with van der Waals surface area (Å²) in [6.45, 7) is 2.24. The SMILES string of the molecule is CCCCCCCCC#Cc1ccc2nc(C=O)ccc2c1. The van der Waals surface area contributed by atoms with Crippen LogP contribution in [0.4, 0.5) is 0 Å². The number of carbonyl (C=O) groups is 1. The molecule has 2 rings (SSSR count). The second kappa shape index (κ2) is 9.00. The molecule has 0 unspecified atom stereocenters. The minimum atomic E-state index is 0.467. The van der Waals surface area contributed by atoms with Crippen LogP contribution in [0.15, 0.2) is 30.3 Å². The van der Waals surface area contributed by atoms with Gasteiger partial charge in [-0.3, -0.25) is 4.79 Å². The molecule has 2 aromatic rings. The Morgan fingerprint density at radius 1 is 1.05 bits per heavy atom. The van der Waals surface area contributed by atoms with Gasteiger partial charge in [-0.05, 0) is 30.7 Å². The molecule has 0 aliphatic rings. The lowest BCUT2D eigenvalue weighted by atomic mass is 10.1. The number of nitrogens with zero attached hydrogens (tertiary/aromatic N) is 1. The number of carbonyl (C=O) groups excluding carboxylic acids is 1. The van der Waals surface area contributed by atoms with Crippen molar-refractivity contribution in [2.45, 2.75) is 51.9 Å². The minimum absolute atomic E-state index is 0.467. The van der Waals surface area contributed by atoms with Crippen molar-refractivity contribution in [2.75, 3.05) is 0 Å². The number of aldehydes is 1. The molecular formula is C20H23NO. The molecule has 0 spiro atoms. The molecule has 1 heterocycles. The van der Waals surface area contributed by atoms with Gasteiger partial charge in [0.05, 0.1) is 5.52 Å². The summed E-state index contributed by atoms with van der Waals surface area (Å²) < 4.78 is 0. The largest absolute Gasteiger partial charge is 0.296 e. The number of hydrogen-bond donors (Lipinski definition) is 0. The van der Waals surface area contributed by atoms with Crippen molar-refractivity contribution in [3.05, 3.63) is 41.6 Å². The molecule has 0 saturated heterocycles. The number of rotatable bonds is 7. The monoisotopic (exact) mass is 293 g/mol. The van der Waals surface area contributed by atoms with Gasteiger partial charge < -0.3 is 0 Å². The van der Waals surface area contributed by atoms with Crippen LogP contribution in [0.5, 0.6) is 0 Å². The van der Waals surface area contributed by atoms with E-state index in [1.54, 1.807) is 6.07 Å². The molecule has 2 heteroatoms. The molecule has 0 bridgehead atoms. The van der Waals surface area contributed by atoms with Gasteiger partial charge in [0.15, 0.2) is 6.29 Å². The van der Waals surface area contributed by atoms with Crippen molar-refractivity contribution >= 4 is 17.2 Å². The van der Waals surface area contributed by atoms with Gasteiger partial charge in [0.2, 0.25) is 0 Å². The molecule has 1 aromatic carbocycles. The van der Waals surface area contributed by atoms with Crippen molar-refractivity contribution in [3.63, 3.8) is 0 Å². The van der Waals surface area contributed by atoms with Crippen LogP contribution in [-0.4, -0.2) is 11.3 Å². The summed E-state index contributed by atoms with van der Waals surface area (Å²) in [6.07, 6.45) is 9.54. The fourth-order valence-corrected chi connectivity index (χ4v) is 2.44. The number of benzene rings is 1. The molecular weight excluding hydrogens is 270 g/mol. The summed E-state index contributed by atoms with van der Waals surface area (Å²) in [7, 11) is 0. The molecule has 114 valence electrons. The third-order valence-corrected chi connectivity index (χ3v) is 3.72. The van der Waals surface area contributed by atoms with Crippen LogP contribution >= 0.6 is 0 Å². The quantitative estimate of drug-likeness (QED) is 0.401. The second-order valence-corrected chi connectivity index (χ2v) is 5.58. The number of fused-ring (bicyclic) bond motifs is 1. The predicted octanol–water partition coefficient (Wildman–Crippen LogP) is 5.15. The smallest absolute Gasteiger partial charge is 0.168 e. The van der Waals surface area contributed by atoms with Crippen LogP contribution in [0, 0.1) is 11.8 Å². The van der Waals surface area contributed by atoms with Crippen LogP contribution in [-0.2, 0) is 0 Å². The normalized spacial score (nSPS) is 10.2. The van der Waals surface area contributed by atoms with Gasteiger partial charge in [0.25, 0.3) is 0 Å². The molecule has 0 atom stereocenters. The Balaban J connectivity index is 1.87. The lowest BCUT2D eigenvalue weighted by molar-refractivity contribution is 0.111. The van der Waals surface area contributed by atoms with Gasteiger partial charge in [0, 0.05) is 17.4 Å². The third kappa shape index (κ3) is 5.00. The van der Waals surface area contributed by atoms with E-state index in [0.717, 1.165) is 29.2 Å². The zero-order valence-corrected chi connectivity index (χ0v) is 13.3. The van der Waals surface area contributed by atoms with Crippen LogP contribution in [0.3, 0.4) is 0 Å². The maximum Gasteiger partial charge on any atom is 0.168 e. The first-order valence-electron chi connectivity index (χ1n) is 8.18. The van der Waals surface area contributed by atoms with Crippen LogP contribution in [0.2, 0.25) is 0 Å². The zero-order valence-electron chi connectivity index (χ0n) is 13.3. The van der Waals surface area contributed by atoms with E-state index in [0.29, 0.717) is 5.69 Å². The Hall–Kier alpha value is -2.14. The molecule has 0 N–H and O–H groups in total. The molecule has 0 radical (unpaired) electrons. The standard InChI is InChI=1S/C20H23NO/c1-2-3-4-5-6-7-8-9-10-17-11-14-20-18(15-17)12-13-19(16-22)21-20/h11-16H,2-8H2,1H3. The molecule has 0 aliphatic heterocycles. The highest BCUT2D eigenvalue weighted by Crippen LogP contribution is 2.14. The maximum absolute atomic E-state index is 10.7. The van der Waals surface area contributed by atoms with Crippen LogP contribution in [0.1, 0.15) is 67.9 Å². The third-order valence-electron chi connectivity index (χ3n) is 3.72. The van der Waals surface area contributed by atoms with E-state index in [2.05, 4.69) is 23.7 Å². The maximum atomic E-state index is 10.7. The highest BCUT2D eigenvalue weighted by Gasteiger charge is 1.98. The Labute approximate surface area is 133 Å². The van der Waals surface area contributed by atoms with Gasteiger partial charge in [-0.15, -0.1) is 0 Å². The Morgan fingerprint density at radius 3 is 2.68 bits per heavy atom. The molecule has 0 saturated carbocycles. The summed E-state index contributed by atoms with van der Waals surface area (Å²) in [6, 6.07) is 9.59. The van der Waals surface area contributed by atoms with Gasteiger partial charge in [-0.1, -0.05) is 56.9 Å². The first-order valence-corrected chi connectivity index (χ1v) is 8.18. The summed E-state index contributed by atoms with van der Waals surface area (Å²) in [5, 5.41) is 1.02. The average molecular weight is 293 g/mol. The highest BCUT2D eigenvalue weighted by molar-refractivity contribution is 5.84. The van der Waals surface area contributed by atoms with Crippen molar-refractivity contribution < 1.29 is 4.79 Å². The van der Waals surface area contributed by atoms with E-state index in [1.165, 1.54) is 38.5 Å². The lowest BCUT2D eigenvalue weighted by Gasteiger charge is -1.99. The molecule has 0 amide bonds. The first kappa shape index (κ1) is 16.2. The fourth-order valence-electron chi connectivity index (χ4n) is 2.44. The van der Waals surface area contributed by atoms with E-state index in [-0.39, 0.29) is 0 Å². The number of aromatic nitrogens is 1. The Bertz CT molecular complexity index is 679. The van der Waals surface area contributed by atoms with E-state index in [1.807, 2.05) is 24.3 Å². The summed E-state index contributed by atoms with van der Waals surface area (Å²) in [5.74, 6) is 6.47. The molecule has 2 nitrogen and oxygen atoms in total. The van der Waals surface area contributed by atoms with Crippen molar-refractivity contribution in [1.82, 2.24) is 4.98 Å². The molecule has 0 fully saturated rings. The van der Waals surface area contributed by atoms with Crippen LogP contribution < -0.4 is 0 Å². The van der Waals surface area contributed by atoms with Gasteiger partial charge >= 0.3 is 0 Å². The Kier molecular flexibility index (Phi) is 6.64. The van der Waals surface area contributed by atoms with E-state index >= 15 is 0 Å². The van der Waals surface area contributed by atoms with Crippen molar-refractivity contribution in [3.8, 4) is 11.8 Å². The summed E-state index contributed by atoms with van der Waals surface area (Å²) in [4.78, 5) is 15.0. The topological polar surface area (TPSA) is 30.0 Å². The lowest BCUT2D eigenvalue weighted by Crippen LogP contribution is -1.87. The molecule has 0 aliphatic carbocycles. The summed E-state index contributed by atoms with van der Waals surface area (Å²) >= 11 is 0. The number of pyridine rings is 1. The fraction of sp³-hybridized carbons (Fsp3) is 0.400. The summed E-state index contributed by atoms with van der Waals surface area (Å²) in [5.41, 5.74) is 2.32. The van der Waals surface area contributed by atoms with E-state index < -0.39 is 0 Å². The average Bonchev–Trinajstić information content (AvgIpc) is 2.56. The van der Waals surface area contributed by atoms with Gasteiger partial charge in [-0.25, -0.2) is 4.98 Å². The first-order chi connectivity index (χ1) is 10.8. The van der Waals surface area contributed by atoms with E-state index in [4.69, 9.17) is 0 Å². The number of unbranched alkanes of at least 4 members (excludes halogenated alkanes) is 6. The highest BCUT2D eigenvalue weighted by atomic mass is 16.1. The zero-order chi connectivity index (χ0) is 15.6. The van der Waals surface area contributed by atoms with Crippen molar-refractivity contribution in [1.29, 1.82) is 0 Å². The molecule has 22 heavy (non-hydrogen) atoms. The molecule has 1 aromatic heterocycles. The van der Waals surface area contributed by atoms with Crippen LogP contribution in [0.25, 0.3) is 10.9 Å². The van der Waals surface area contributed by atoms with E-state index in [9.17, 15) is 4.79 Å².